The average Bonchev–Trinajstić information content (AvgIpc) is 2.79. The van der Waals surface area contributed by atoms with E-state index in [1.54, 1.807) is 12.0 Å². The first-order valence-corrected chi connectivity index (χ1v) is 7.16. The fourth-order valence-electron chi connectivity index (χ4n) is 2.22. The number of nitrogens with zero attached hydrogens (tertiary/aromatic N) is 1. The average molecular weight is 330 g/mol. The van der Waals surface area contributed by atoms with E-state index in [1.807, 2.05) is 0 Å². The number of nitrogens with one attached hydrogen (secondary N) is 2. The summed E-state index contributed by atoms with van der Waals surface area (Å²) in [5, 5.41) is 5.30. The molecule has 2 N–H and O–H groups in total. The molecule has 3 amide bonds. The van der Waals surface area contributed by atoms with E-state index in [9.17, 15) is 14.0 Å². The number of urea groups is 1. The van der Waals surface area contributed by atoms with Gasteiger partial charge >= 0.3 is 6.03 Å². The Kier molecular flexibility index (Phi) is 5.57. The highest BCUT2D eigenvalue weighted by atomic mass is 35.5. The molecule has 1 fully saturated rings. The molecule has 1 aromatic carbocycles. The fourth-order valence-corrected chi connectivity index (χ4v) is 2.38. The first-order chi connectivity index (χ1) is 10.5. The molecule has 1 aliphatic rings. The molecular weight excluding hydrogens is 313 g/mol. The number of hydrogen-bond donors (Lipinski definition) is 2. The van der Waals surface area contributed by atoms with Crippen LogP contribution in [-0.2, 0) is 9.53 Å². The molecule has 2 rings (SSSR count). The molecule has 0 radical (unpaired) electrons. The summed E-state index contributed by atoms with van der Waals surface area (Å²) in [5.41, 5.74) is 0.0301. The Bertz CT molecular complexity index is 570. The van der Waals surface area contributed by atoms with Crippen LogP contribution in [-0.4, -0.2) is 49.7 Å². The highest BCUT2D eigenvalue weighted by Crippen LogP contribution is 2.19. The molecule has 0 aliphatic carbocycles. The van der Waals surface area contributed by atoms with Crippen LogP contribution in [0.4, 0.5) is 14.9 Å². The van der Waals surface area contributed by atoms with Gasteiger partial charge in [-0.3, -0.25) is 4.79 Å². The molecule has 1 aliphatic heterocycles. The fraction of sp³-hybridized carbons (Fsp3) is 0.429. The number of anilines is 1. The molecule has 0 bridgehead atoms. The predicted molar refractivity (Wildman–Crippen MR) is 80.4 cm³/mol. The van der Waals surface area contributed by atoms with Gasteiger partial charge in [-0.2, -0.15) is 0 Å². The van der Waals surface area contributed by atoms with E-state index in [0.29, 0.717) is 19.7 Å². The van der Waals surface area contributed by atoms with Crippen molar-refractivity contribution in [3.63, 3.8) is 0 Å². The first kappa shape index (κ1) is 16.5. The van der Waals surface area contributed by atoms with Crippen molar-refractivity contribution in [2.24, 2.45) is 0 Å². The van der Waals surface area contributed by atoms with Gasteiger partial charge in [-0.1, -0.05) is 11.6 Å². The summed E-state index contributed by atoms with van der Waals surface area (Å²) < 4.78 is 18.5. The zero-order valence-electron chi connectivity index (χ0n) is 12.1. The molecule has 120 valence electrons. The third-order valence-electron chi connectivity index (χ3n) is 3.29. The summed E-state index contributed by atoms with van der Waals surface area (Å²) in [5.74, 6) is -0.660. The van der Waals surface area contributed by atoms with Crippen molar-refractivity contribution in [1.29, 1.82) is 0 Å². The summed E-state index contributed by atoms with van der Waals surface area (Å²) >= 11 is 5.64. The van der Waals surface area contributed by atoms with Crippen LogP contribution in [0.2, 0.25) is 5.02 Å². The second-order valence-electron chi connectivity index (χ2n) is 4.96. The number of hydrogen-bond acceptors (Lipinski definition) is 3. The summed E-state index contributed by atoms with van der Waals surface area (Å²) in [7, 11) is 1.56. The van der Waals surface area contributed by atoms with Gasteiger partial charge in [0.05, 0.1) is 18.3 Å². The zero-order chi connectivity index (χ0) is 16.1. The van der Waals surface area contributed by atoms with Crippen molar-refractivity contribution < 1.29 is 18.7 Å². The predicted octanol–water partition coefficient (Wildman–Crippen LogP) is 1.85. The second kappa shape index (κ2) is 7.42. The molecule has 1 saturated heterocycles. The first-order valence-electron chi connectivity index (χ1n) is 6.79. The van der Waals surface area contributed by atoms with Crippen LogP contribution in [0, 0.1) is 5.82 Å². The third-order valence-corrected chi connectivity index (χ3v) is 3.53. The van der Waals surface area contributed by atoms with E-state index in [4.69, 9.17) is 16.3 Å². The van der Waals surface area contributed by atoms with Crippen LogP contribution in [0.15, 0.2) is 18.2 Å². The molecule has 6 nitrogen and oxygen atoms in total. The largest absolute Gasteiger partial charge is 0.383 e. The standard InChI is InChI=1S/C14H17ClFN3O3/c1-22-5-4-19-8-10(7-13(19)20)17-14(21)18-12-3-2-9(15)6-11(12)16/h2-3,6,10H,4-5,7-8H2,1H3,(H2,17,18,21)/t10-/m1/s1. The van der Waals surface area contributed by atoms with Gasteiger partial charge < -0.3 is 20.3 Å². The summed E-state index contributed by atoms with van der Waals surface area (Å²) in [6, 6.07) is 3.10. The molecule has 8 heteroatoms. The summed E-state index contributed by atoms with van der Waals surface area (Å²) in [6.45, 7) is 1.35. The van der Waals surface area contributed by atoms with Crippen LogP contribution >= 0.6 is 11.6 Å². The lowest BCUT2D eigenvalue weighted by molar-refractivity contribution is -0.128. The maximum Gasteiger partial charge on any atom is 0.319 e. The highest BCUT2D eigenvalue weighted by Gasteiger charge is 2.30. The molecule has 1 atom stereocenters. The second-order valence-corrected chi connectivity index (χ2v) is 5.39. The van der Waals surface area contributed by atoms with Crippen LogP contribution in [0.5, 0.6) is 0 Å². The lowest BCUT2D eigenvalue weighted by Crippen LogP contribution is -2.40. The van der Waals surface area contributed by atoms with E-state index in [2.05, 4.69) is 10.6 Å². The Morgan fingerprint density at radius 1 is 1.55 bits per heavy atom. The topological polar surface area (TPSA) is 70.7 Å². The number of halogens is 2. The maximum absolute atomic E-state index is 13.6. The SMILES string of the molecule is COCCN1C[C@H](NC(=O)Nc2ccc(Cl)cc2F)CC1=O. The summed E-state index contributed by atoms with van der Waals surface area (Å²) in [4.78, 5) is 25.2. The zero-order valence-corrected chi connectivity index (χ0v) is 12.8. The minimum absolute atomic E-state index is 0.0301. The maximum atomic E-state index is 13.6. The molecule has 0 aromatic heterocycles. The van der Waals surface area contributed by atoms with Crippen molar-refractivity contribution in [1.82, 2.24) is 10.2 Å². The van der Waals surface area contributed by atoms with Crippen LogP contribution < -0.4 is 10.6 Å². The molecular formula is C14H17ClFN3O3. The van der Waals surface area contributed by atoms with Gasteiger partial charge in [-0.25, -0.2) is 9.18 Å². The Balaban J connectivity index is 1.86. The Morgan fingerprint density at radius 2 is 2.32 bits per heavy atom. The van der Waals surface area contributed by atoms with E-state index >= 15 is 0 Å². The number of carbonyl (C=O) groups is 2. The Hall–Kier alpha value is -1.86. The number of ether oxygens (including phenoxy) is 1. The monoisotopic (exact) mass is 329 g/mol. The number of amides is 3. The number of likely N-dealkylation sites (tertiary alicyclic amines) is 1. The van der Waals surface area contributed by atoms with Gasteiger partial charge in [-0.15, -0.1) is 0 Å². The number of rotatable bonds is 5. The summed E-state index contributed by atoms with van der Waals surface area (Å²) in [6.07, 6.45) is 0.222. The smallest absolute Gasteiger partial charge is 0.319 e. The molecule has 0 unspecified atom stereocenters. The van der Waals surface area contributed by atoms with Crippen LogP contribution in [0.3, 0.4) is 0 Å². The minimum atomic E-state index is -0.619. The van der Waals surface area contributed by atoms with Crippen molar-refractivity contribution in [3.8, 4) is 0 Å². The third kappa shape index (κ3) is 4.32. The van der Waals surface area contributed by atoms with Gasteiger partial charge in [0.15, 0.2) is 0 Å². The van der Waals surface area contributed by atoms with E-state index in [-0.39, 0.29) is 29.1 Å². The van der Waals surface area contributed by atoms with Crippen molar-refractivity contribution in [2.45, 2.75) is 12.5 Å². The van der Waals surface area contributed by atoms with Crippen molar-refractivity contribution in [2.75, 3.05) is 32.1 Å². The lowest BCUT2D eigenvalue weighted by Gasteiger charge is -2.16. The minimum Gasteiger partial charge on any atom is -0.383 e. The molecule has 22 heavy (non-hydrogen) atoms. The number of methoxy groups -OCH3 is 1. The Morgan fingerprint density at radius 3 is 3.00 bits per heavy atom. The van der Waals surface area contributed by atoms with Gasteiger partial charge in [0, 0.05) is 31.6 Å². The highest BCUT2D eigenvalue weighted by molar-refractivity contribution is 6.30. The molecule has 1 aromatic rings. The van der Waals surface area contributed by atoms with Gasteiger partial charge in [0.2, 0.25) is 5.91 Å². The van der Waals surface area contributed by atoms with Crippen molar-refractivity contribution in [3.05, 3.63) is 29.0 Å². The lowest BCUT2D eigenvalue weighted by atomic mass is 10.2. The molecule has 0 spiro atoms. The van der Waals surface area contributed by atoms with Crippen molar-refractivity contribution >= 4 is 29.2 Å². The number of benzene rings is 1. The van der Waals surface area contributed by atoms with E-state index in [1.165, 1.54) is 12.1 Å². The van der Waals surface area contributed by atoms with Crippen LogP contribution in [0.1, 0.15) is 6.42 Å². The Labute approximate surface area is 132 Å². The van der Waals surface area contributed by atoms with Gasteiger partial charge in [-0.05, 0) is 18.2 Å². The van der Waals surface area contributed by atoms with E-state index < -0.39 is 11.8 Å². The van der Waals surface area contributed by atoms with E-state index in [0.717, 1.165) is 6.07 Å². The normalized spacial score (nSPS) is 17.7. The quantitative estimate of drug-likeness (QED) is 0.866. The molecule has 0 saturated carbocycles. The molecule has 1 heterocycles. The number of carbonyl (C=O) groups excluding carboxylic acids is 2. The van der Waals surface area contributed by atoms with Gasteiger partial charge in [0.25, 0.3) is 0 Å². The van der Waals surface area contributed by atoms with Crippen LogP contribution in [0.25, 0.3) is 0 Å². The van der Waals surface area contributed by atoms with Gasteiger partial charge in [0.1, 0.15) is 5.82 Å².